The summed E-state index contributed by atoms with van der Waals surface area (Å²) in [7, 11) is 1.86. The summed E-state index contributed by atoms with van der Waals surface area (Å²) in [6.45, 7) is 10.8. The standard InChI is InChI=1S/C56H66ClF4N9O4/c1-4-7-45(52(73)64-33-72)67(3)44-12-11-39(40-10-5-9-36(30-71)46(40)44)35-13-20-69(21-14-35)38-26-54(27-38)17-22-68(23-18-54)31-55(15-16-55)32-74-53-65-50-42(51(66-53)70-19-6-8-34(2)29-70)28-63-49(48(50)58)41-24-37(62)25-43(57)47(41)56(59,60)61/h5,9-12,24-25,28,30,33-35,38,45H,4,6-8,13-23,26-27,29,31-32,62H2,1-3H3,(H,64,72,73)/t34-,45?/m0/s1. The van der Waals surface area contributed by atoms with Crippen LogP contribution >= 0.6 is 11.6 Å². The Morgan fingerprint density at radius 2 is 1.77 bits per heavy atom. The Labute approximate surface area is 434 Å². The van der Waals surface area contributed by atoms with Crippen molar-refractivity contribution in [3.63, 3.8) is 0 Å². The quantitative estimate of drug-likeness (QED) is 0.0550. The summed E-state index contributed by atoms with van der Waals surface area (Å²) >= 11 is 6.07. The molecule has 394 valence electrons. The smallest absolute Gasteiger partial charge is 0.418 e. The van der Waals surface area contributed by atoms with E-state index in [0.29, 0.717) is 72.6 Å². The van der Waals surface area contributed by atoms with E-state index >= 15 is 4.39 Å². The van der Waals surface area contributed by atoms with Crippen molar-refractivity contribution in [3.05, 3.63) is 76.2 Å². The molecular weight excluding hydrogens is 974 g/mol. The van der Waals surface area contributed by atoms with Crippen molar-refractivity contribution in [2.45, 2.75) is 115 Å². The van der Waals surface area contributed by atoms with Gasteiger partial charge in [0.1, 0.15) is 23.1 Å². The van der Waals surface area contributed by atoms with Crippen LogP contribution in [0.4, 0.5) is 34.8 Å². The fraction of sp³-hybridized carbons (Fsp3) is 0.536. The zero-order valence-electron chi connectivity index (χ0n) is 42.5. The summed E-state index contributed by atoms with van der Waals surface area (Å²) in [4.78, 5) is 59.4. The van der Waals surface area contributed by atoms with E-state index in [0.717, 1.165) is 125 Å². The van der Waals surface area contributed by atoms with Crippen LogP contribution in [-0.2, 0) is 15.8 Å². The van der Waals surface area contributed by atoms with Crippen LogP contribution in [0.1, 0.15) is 118 Å². The number of anilines is 3. The van der Waals surface area contributed by atoms with Crippen molar-refractivity contribution >= 4 is 69.1 Å². The molecule has 3 saturated heterocycles. The summed E-state index contributed by atoms with van der Waals surface area (Å²) in [5, 5.41) is 3.85. The topological polar surface area (TPSA) is 150 Å². The molecule has 5 heterocycles. The molecule has 2 aliphatic carbocycles. The predicted octanol–water partition coefficient (Wildman–Crippen LogP) is 10.4. The minimum Gasteiger partial charge on any atom is -0.463 e. The van der Waals surface area contributed by atoms with Crippen molar-refractivity contribution in [2.24, 2.45) is 16.7 Å². The van der Waals surface area contributed by atoms with Gasteiger partial charge in [-0.05, 0) is 143 Å². The van der Waals surface area contributed by atoms with E-state index in [-0.39, 0.29) is 28.5 Å². The van der Waals surface area contributed by atoms with E-state index in [4.69, 9.17) is 27.1 Å². The molecule has 0 radical (unpaired) electrons. The number of aldehydes is 1. The Kier molecular flexibility index (Phi) is 14.6. The van der Waals surface area contributed by atoms with E-state index in [1.54, 1.807) is 0 Å². The fourth-order valence-electron chi connectivity index (χ4n) is 12.9. The lowest BCUT2D eigenvalue weighted by Gasteiger charge is -2.56. The largest absolute Gasteiger partial charge is 0.463 e. The van der Waals surface area contributed by atoms with Crippen molar-refractivity contribution in [1.29, 1.82) is 0 Å². The maximum Gasteiger partial charge on any atom is 0.418 e. The highest BCUT2D eigenvalue weighted by molar-refractivity contribution is 6.32. The molecule has 1 spiro atoms. The van der Waals surface area contributed by atoms with Gasteiger partial charge >= 0.3 is 12.2 Å². The van der Waals surface area contributed by atoms with Crippen LogP contribution in [0.15, 0.2) is 48.7 Å². The predicted molar refractivity (Wildman–Crippen MR) is 280 cm³/mol. The third-order valence-electron chi connectivity index (χ3n) is 17.1. The van der Waals surface area contributed by atoms with Crippen LogP contribution in [0.5, 0.6) is 6.01 Å². The van der Waals surface area contributed by atoms with Crippen LogP contribution in [0.3, 0.4) is 0 Å². The van der Waals surface area contributed by atoms with E-state index in [2.05, 4.69) is 49.0 Å². The van der Waals surface area contributed by atoms with Gasteiger partial charge in [0, 0.05) is 72.2 Å². The molecule has 2 saturated carbocycles. The number of aromatic nitrogens is 3. The molecular formula is C56H66ClF4N9O4. The lowest BCUT2D eigenvalue weighted by molar-refractivity contribution is -0.137. The molecule has 1 unspecified atom stereocenters. The third-order valence-corrected chi connectivity index (χ3v) is 17.4. The van der Waals surface area contributed by atoms with Gasteiger partial charge < -0.3 is 30.1 Å². The van der Waals surface area contributed by atoms with Crippen LogP contribution in [0.2, 0.25) is 5.02 Å². The number of ether oxygens (including phenoxy) is 1. The minimum absolute atomic E-state index is 0.0150. The second kappa shape index (κ2) is 20.8. The van der Waals surface area contributed by atoms with Gasteiger partial charge in [0.15, 0.2) is 12.1 Å². The van der Waals surface area contributed by atoms with Crippen LogP contribution in [-0.4, -0.2) is 115 Å². The Hall–Kier alpha value is -5.65. The Morgan fingerprint density at radius 1 is 1.01 bits per heavy atom. The van der Waals surface area contributed by atoms with Crippen LogP contribution in [0, 0.1) is 22.6 Å². The summed E-state index contributed by atoms with van der Waals surface area (Å²) in [6.07, 6.45) is 9.71. The molecule has 2 aromatic heterocycles. The number of rotatable bonds is 16. The molecule has 10 rings (SSSR count). The van der Waals surface area contributed by atoms with E-state index in [1.165, 1.54) is 24.6 Å². The molecule has 2 amide bonds. The molecule has 74 heavy (non-hydrogen) atoms. The van der Waals surface area contributed by atoms with Gasteiger partial charge in [-0.1, -0.05) is 56.1 Å². The number of halogens is 5. The lowest BCUT2D eigenvalue weighted by Crippen LogP contribution is -2.56. The molecule has 13 nitrogen and oxygen atoms in total. The first-order chi connectivity index (χ1) is 35.5. The first kappa shape index (κ1) is 51.8. The molecule has 18 heteroatoms. The normalized spacial score (nSPS) is 20.9. The number of nitrogens with two attached hydrogens (primary N) is 1. The number of fused-ring (bicyclic) bond motifs is 2. The number of benzene rings is 3. The number of likely N-dealkylation sites (tertiary alicyclic amines) is 2. The zero-order valence-corrected chi connectivity index (χ0v) is 43.2. The van der Waals surface area contributed by atoms with E-state index in [1.807, 2.05) is 37.1 Å². The molecule has 5 aliphatic rings. The summed E-state index contributed by atoms with van der Waals surface area (Å²) in [5.41, 5.74) is 6.23. The van der Waals surface area contributed by atoms with Gasteiger partial charge in [-0.15, -0.1) is 0 Å². The maximum absolute atomic E-state index is 16.7. The third kappa shape index (κ3) is 10.2. The van der Waals surface area contributed by atoms with Gasteiger partial charge in [-0.2, -0.15) is 23.1 Å². The highest BCUT2D eigenvalue weighted by Gasteiger charge is 2.51. The molecule has 5 fully saturated rings. The highest BCUT2D eigenvalue weighted by Crippen LogP contribution is 2.54. The number of hydrogen-bond acceptors (Lipinski definition) is 12. The molecule has 2 atom stereocenters. The molecule has 0 bridgehead atoms. The van der Waals surface area contributed by atoms with E-state index in [9.17, 15) is 27.6 Å². The first-order valence-corrected chi connectivity index (χ1v) is 26.8. The molecule has 3 aliphatic heterocycles. The number of imide groups is 1. The summed E-state index contributed by atoms with van der Waals surface area (Å²) in [5.74, 6) is -0.250. The number of carbonyl (C=O) groups excluding carboxylic acids is 3. The Bertz CT molecular complexity index is 2930. The number of carbonyl (C=O) groups is 3. The van der Waals surface area contributed by atoms with E-state index < -0.39 is 39.9 Å². The molecule has 3 N–H and O–H groups in total. The average molecular weight is 1040 g/mol. The first-order valence-electron chi connectivity index (χ1n) is 26.4. The fourth-order valence-corrected chi connectivity index (χ4v) is 13.2. The number of hydrogen-bond donors (Lipinski definition) is 2. The second-order valence-electron chi connectivity index (χ2n) is 22.2. The number of piperidine rings is 3. The number of alkyl halides is 3. The molecule has 3 aromatic carbocycles. The number of nitrogens with one attached hydrogen (secondary N) is 1. The van der Waals surface area contributed by atoms with Gasteiger partial charge in [0.05, 0.1) is 22.6 Å². The summed E-state index contributed by atoms with van der Waals surface area (Å²) < 4.78 is 66.2. The monoisotopic (exact) mass is 1040 g/mol. The van der Waals surface area contributed by atoms with Crippen LogP contribution in [0.25, 0.3) is 32.9 Å². The maximum atomic E-state index is 16.7. The lowest BCUT2D eigenvalue weighted by atomic mass is 9.59. The Morgan fingerprint density at radius 3 is 2.45 bits per heavy atom. The van der Waals surface area contributed by atoms with Crippen molar-refractivity contribution in [3.8, 4) is 17.3 Å². The van der Waals surface area contributed by atoms with Crippen LogP contribution < -0.4 is 25.6 Å². The second-order valence-corrected chi connectivity index (χ2v) is 22.6. The van der Waals surface area contributed by atoms with Crippen molar-refractivity contribution in [1.82, 2.24) is 30.1 Å². The Balaban J connectivity index is 0.767. The number of pyridine rings is 1. The van der Waals surface area contributed by atoms with Gasteiger partial charge in [-0.25, -0.2) is 4.39 Å². The molecule has 5 aromatic rings. The highest BCUT2D eigenvalue weighted by atomic mass is 35.5. The minimum atomic E-state index is -4.90. The van der Waals surface area contributed by atoms with Crippen molar-refractivity contribution < 1.29 is 36.7 Å². The summed E-state index contributed by atoms with van der Waals surface area (Å²) in [6, 6.07) is 12.1. The van der Waals surface area contributed by atoms with Gasteiger partial charge in [0.2, 0.25) is 12.3 Å². The average Bonchev–Trinajstić information content (AvgIpc) is 4.14. The number of nitrogen functional groups attached to an aromatic ring is 1. The number of amides is 2. The number of nitrogens with zero attached hydrogens (tertiary/aromatic N) is 7. The van der Waals surface area contributed by atoms with Gasteiger partial charge in [-0.3, -0.25) is 24.7 Å². The van der Waals surface area contributed by atoms with Gasteiger partial charge in [0.25, 0.3) is 0 Å². The SMILES string of the molecule is CCCC(C(=O)NC=O)N(C)c1ccc(C2CCN(C3CC4(CCN(CC5(COc6nc(N7CCC[C@H](C)C7)c7cnc(-c8cc(N)cc(Cl)c8C(F)(F)F)c(F)c7n6)CC5)CC4)C3)CC2)c2cccc(C=O)c12. The number of likely N-dealkylation sites (N-methyl/N-ethyl adjacent to an activating group) is 1. The zero-order chi connectivity index (χ0) is 52.1. The van der Waals surface area contributed by atoms with Crippen molar-refractivity contribution in [2.75, 3.05) is 75.0 Å².